The molecule has 0 bridgehead atoms. The summed E-state index contributed by atoms with van der Waals surface area (Å²) < 4.78 is 5.75. The number of hydrogen-bond acceptors (Lipinski definition) is 5. The third kappa shape index (κ3) is 6.85. The van der Waals surface area contributed by atoms with E-state index in [-0.39, 0.29) is 12.5 Å². The number of hydrogen-bond donors (Lipinski definition) is 2. The Labute approximate surface area is 173 Å². The highest BCUT2D eigenvalue weighted by Gasteiger charge is 2.20. The number of para-hydroxylation sites is 2. The minimum atomic E-state index is -0.580. The van der Waals surface area contributed by atoms with Crippen molar-refractivity contribution in [1.82, 2.24) is 9.80 Å². The van der Waals surface area contributed by atoms with Gasteiger partial charge in [0, 0.05) is 46.2 Å². The van der Waals surface area contributed by atoms with E-state index in [1.165, 1.54) is 18.1 Å². The van der Waals surface area contributed by atoms with Gasteiger partial charge in [-0.05, 0) is 24.6 Å². The molecule has 1 unspecified atom stereocenters. The van der Waals surface area contributed by atoms with Crippen molar-refractivity contribution in [2.45, 2.75) is 26.5 Å². The van der Waals surface area contributed by atoms with Gasteiger partial charge in [0.1, 0.15) is 18.5 Å². The first-order chi connectivity index (χ1) is 14.0. The van der Waals surface area contributed by atoms with E-state index in [2.05, 4.69) is 46.3 Å². The Balaban J connectivity index is 1.41. The highest BCUT2D eigenvalue weighted by molar-refractivity contribution is 5.90. The first-order valence-electron chi connectivity index (χ1n) is 10.2. The van der Waals surface area contributed by atoms with Gasteiger partial charge < -0.3 is 15.2 Å². The lowest BCUT2D eigenvalue weighted by Crippen LogP contribution is -2.48. The first kappa shape index (κ1) is 21.3. The van der Waals surface area contributed by atoms with Crippen LogP contribution >= 0.6 is 0 Å². The standard InChI is InChI=1S/C23H31N3O3/c1-18-6-5-7-20(14-18)15-25-10-12-26(13-11-25)16-21(28)17-29-23-9-4-3-8-22(23)24-19(2)27/h3-9,14,21,28H,10-13,15-17H2,1-2H3,(H,24,27). The predicted octanol–water partition coefficient (Wildman–Crippen LogP) is 2.51. The second kappa shape index (κ2) is 10.4. The summed E-state index contributed by atoms with van der Waals surface area (Å²) in [6.45, 7) is 9.20. The Kier molecular flexibility index (Phi) is 7.63. The molecule has 2 aromatic carbocycles. The van der Waals surface area contributed by atoms with Gasteiger partial charge in [0.25, 0.3) is 0 Å². The maximum atomic E-state index is 11.3. The van der Waals surface area contributed by atoms with Gasteiger partial charge in [-0.3, -0.25) is 14.6 Å². The summed E-state index contributed by atoms with van der Waals surface area (Å²) >= 11 is 0. The van der Waals surface area contributed by atoms with Crippen LogP contribution in [0.1, 0.15) is 18.1 Å². The fourth-order valence-electron chi connectivity index (χ4n) is 3.62. The van der Waals surface area contributed by atoms with E-state index >= 15 is 0 Å². The molecule has 1 atom stereocenters. The topological polar surface area (TPSA) is 65.0 Å². The SMILES string of the molecule is CC(=O)Nc1ccccc1OCC(O)CN1CCN(Cc2cccc(C)c2)CC1. The number of amides is 1. The van der Waals surface area contributed by atoms with Crippen LogP contribution in [0.25, 0.3) is 0 Å². The number of carbonyl (C=O) groups excluding carboxylic acids is 1. The van der Waals surface area contributed by atoms with Crippen LogP contribution < -0.4 is 10.1 Å². The predicted molar refractivity (Wildman–Crippen MR) is 115 cm³/mol. The number of nitrogens with one attached hydrogen (secondary N) is 1. The van der Waals surface area contributed by atoms with Crippen molar-refractivity contribution in [3.8, 4) is 5.75 Å². The van der Waals surface area contributed by atoms with Crippen molar-refractivity contribution in [3.05, 3.63) is 59.7 Å². The van der Waals surface area contributed by atoms with Crippen LogP contribution in [0, 0.1) is 6.92 Å². The van der Waals surface area contributed by atoms with E-state index in [1.807, 2.05) is 12.1 Å². The van der Waals surface area contributed by atoms with Crippen molar-refractivity contribution in [3.63, 3.8) is 0 Å². The third-order valence-corrected chi connectivity index (χ3v) is 5.05. The number of ether oxygens (including phenoxy) is 1. The molecular formula is C23H31N3O3. The van der Waals surface area contributed by atoms with Crippen molar-refractivity contribution >= 4 is 11.6 Å². The van der Waals surface area contributed by atoms with Crippen molar-refractivity contribution < 1.29 is 14.6 Å². The lowest BCUT2D eigenvalue weighted by Gasteiger charge is -2.35. The molecule has 3 rings (SSSR count). The number of anilines is 1. The molecule has 1 fully saturated rings. The third-order valence-electron chi connectivity index (χ3n) is 5.05. The highest BCUT2D eigenvalue weighted by Crippen LogP contribution is 2.23. The molecule has 0 saturated carbocycles. The molecule has 1 aliphatic heterocycles. The fraction of sp³-hybridized carbons (Fsp3) is 0.435. The normalized spacial score (nSPS) is 16.4. The van der Waals surface area contributed by atoms with Gasteiger partial charge in [-0.15, -0.1) is 0 Å². The van der Waals surface area contributed by atoms with Crippen molar-refractivity contribution in [2.24, 2.45) is 0 Å². The molecule has 29 heavy (non-hydrogen) atoms. The molecule has 0 spiro atoms. The average molecular weight is 398 g/mol. The second-order valence-corrected chi connectivity index (χ2v) is 7.71. The van der Waals surface area contributed by atoms with E-state index in [0.717, 1.165) is 32.7 Å². The van der Waals surface area contributed by atoms with E-state index in [4.69, 9.17) is 4.74 Å². The lowest BCUT2D eigenvalue weighted by atomic mass is 10.1. The van der Waals surface area contributed by atoms with Crippen LogP contribution in [0.2, 0.25) is 0 Å². The quantitative estimate of drug-likeness (QED) is 0.717. The van der Waals surface area contributed by atoms with Gasteiger partial charge in [-0.25, -0.2) is 0 Å². The zero-order chi connectivity index (χ0) is 20.6. The number of piperazine rings is 1. The number of β-amino-alcohol motifs (C(OH)–C–C–N with tert-alkyl or cyclic N) is 1. The largest absolute Gasteiger partial charge is 0.489 e. The van der Waals surface area contributed by atoms with E-state index < -0.39 is 6.10 Å². The minimum Gasteiger partial charge on any atom is -0.489 e. The van der Waals surface area contributed by atoms with Crippen LogP contribution in [0.3, 0.4) is 0 Å². The highest BCUT2D eigenvalue weighted by atomic mass is 16.5. The Morgan fingerprint density at radius 3 is 2.55 bits per heavy atom. The molecule has 1 amide bonds. The summed E-state index contributed by atoms with van der Waals surface area (Å²) in [7, 11) is 0. The van der Waals surface area contributed by atoms with Crippen LogP contribution in [-0.2, 0) is 11.3 Å². The average Bonchev–Trinajstić information content (AvgIpc) is 2.68. The molecule has 0 aromatic heterocycles. The maximum Gasteiger partial charge on any atom is 0.221 e. The molecule has 2 aromatic rings. The van der Waals surface area contributed by atoms with Gasteiger partial charge >= 0.3 is 0 Å². The number of aryl methyl sites for hydroxylation is 1. The number of nitrogens with zero attached hydrogens (tertiary/aromatic N) is 2. The van der Waals surface area contributed by atoms with Gasteiger partial charge in [0.15, 0.2) is 0 Å². The Morgan fingerprint density at radius 2 is 1.83 bits per heavy atom. The summed E-state index contributed by atoms with van der Waals surface area (Å²) in [6, 6.07) is 15.9. The molecule has 0 radical (unpaired) electrons. The minimum absolute atomic E-state index is 0.148. The number of benzene rings is 2. The van der Waals surface area contributed by atoms with Gasteiger partial charge in [-0.1, -0.05) is 42.0 Å². The van der Waals surface area contributed by atoms with E-state index in [1.54, 1.807) is 12.1 Å². The molecule has 0 aliphatic carbocycles. The van der Waals surface area contributed by atoms with Crippen molar-refractivity contribution in [2.75, 3.05) is 44.6 Å². The summed E-state index contributed by atoms with van der Waals surface area (Å²) in [4.78, 5) is 16.0. The summed E-state index contributed by atoms with van der Waals surface area (Å²) in [5.74, 6) is 0.426. The Bertz CT molecular complexity index is 803. The molecule has 1 saturated heterocycles. The molecule has 1 aliphatic rings. The van der Waals surface area contributed by atoms with Gasteiger partial charge in [0.05, 0.1) is 5.69 Å². The zero-order valence-corrected chi connectivity index (χ0v) is 17.3. The van der Waals surface area contributed by atoms with Crippen LogP contribution in [0.4, 0.5) is 5.69 Å². The molecule has 1 heterocycles. The molecule has 2 N–H and O–H groups in total. The second-order valence-electron chi connectivity index (χ2n) is 7.71. The summed E-state index contributed by atoms with van der Waals surface area (Å²) in [5.41, 5.74) is 3.27. The molecule has 6 heteroatoms. The smallest absolute Gasteiger partial charge is 0.221 e. The van der Waals surface area contributed by atoms with E-state index in [9.17, 15) is 9.90 Å². The Hall–Kier alpha value is -2.41. The van der Waals surface area contributed by atoms with E-state index in [0.29, 0.717) is 18.0 Å². The lowest BCUT2D eigenvalue weighted by molar-refractivity contribution is -0.114. The number of rotatable bonds is 8. The maximum absolute atomic E-state index is 11.3. The number of carbonyl (C=O) groups is 1. The summed E-state index contributed by atoms with van der Waals surface area (Å²) in [6.07, 6.45) is -0.580. The Morgan fingerprint density at radius 1 is 1.10 bits per heavy atom. The number of aliphatic hydroxyl groups excluding tert-OH is 1. The first-order valence-corrected chi connectivity index (χ1v) is 10.2. The summed E-state index contributed by atoms with van der Waals surface area (Å²) in [5, 5.41) is 13.1. The zero-order valence-electron chi connectivity index (χ0n) is 17.3. The van der Waals surface area contributed by atoms with Gasteiger partial charge in [0.2, 0.25) is 5.91 Å². The van der Waals surface area contributed by atoms with Gasteiger partial charge in [-0.2, -0.15) is 0 Å². The fourth-order valence-corrected chi connectivity index (χ4v) is 3.62. The molecule has 6 nitrogen and oxygen atoms in total. The molecular weight excluding hydrogens is 366 g/mol. The van der Waals surface area contributed by atoms with Crippen LogP contribution in [0.5, 0.6) is 5.75 Å². The van der Waals surface area contributed by atoms with Crippen LogP contribution in [0.15, 0.2) is 48.5 Å². The number of aliphatic hydroxyl groups is 1. The molecule has 156 valence electrons. The van der Waals surface area contributed by atoms with Crippen LogP contribution in [-0.4, -0.2) is 66.2 Å². The van der Waals surface area contributed by atoms with Crippen molar-refractivity contribution in [1.29, 1.82) is 0 Å². The monoisotopic (exact) mass is 397 g/mol.